The lowest BCUT2D eigenvalue weighted by Crippen LogP contribution is -2.13. The van der Waals surface area contributed by atoms with E-state index in [1.165, 1.54) is 18.4 Å². The molecule has 1 amide bonds. The summed E-state index contributed by atoms with van der Waals surface area (Å²) in [5.74, 6) is 0.253. The van der Waals surface area contributed by atoms with Gasteiger partial charge in [-0.1, -0.05) is 11.3 Å². The van der Waals surface area contributed by atoms with Crippen LogP contribution in [0.3, 0.4) is 0 Å². The van der Waals surface area contributed by atoms with Crippen molar-refractivity contribution in [3.05, 3.63) is 47.5 Å². The minimum atomic E-state index is -0.390. The van der Waals surface area contributed by atoms with Gasteiger partial charge in [-0.3, -0.25) is 10.1 Å². The lowest BCUT2D eigenvalue weighted by molar-refractivity contribution is 0.0378. The van der Waals surface area contributed by atoms with E-state index in [-0.39, 0.29) is 18.0 Å². The van der Waals surface area contributed by atoms with Crippen molar-refractivity contribution in [2.24, 2.45) is 0 Å². The molecular weight excluding hydrogens is 380 g/mol. The number of esters is 1. The number of thiazole rings is 1. The smallest absolute Gasteiger partial charge is 0.338 e. The van der Waals surface area contributed by atoms with Crippen LogP contribution in [0.5, 0.6) is 11.5 Å². The lowest BCUT2D eigenvalue weighted by Gasteiger charge is -2.09. The van der Waals surface area contributed by atoms with Crippen LogP contribution in [0.1, 0.15) is 34.6 Å². The number of fused-ring (bicyclic) bond motifs is 1. The minimum Gasteiger partial charge on any atom is -0.497 e. The summed E-state index contributed by atoms with van der Waals surface area (Å²) in [5, 5.41) is 3.20. The van der Waals surface area contributed by atoms with Crippen LogP contribution < -0.4 is 14.8 Å². The maximum absolute atomic E-state index is 12.6. The average molecular weight is 400 g/mol. The van der Waals surface area contributed by atoms with Crippen molar-refractivity contribution in [1.82, 2.24) is 4.98 Å². The molecule has 0 aliphatic heterocycles. The maximum Gasteiger partial charge on any atom is 0.338 e. The highest BCUT2D eigenvalue weighted by Gasteiger charge is 2.16. The van der Waals surface area contributed by atoms with Gasteiger partial charge in [0.25, 0.3) is 5.91 Å². The number of aromatic nitrogens is 1. The topological polar surface area (TPSA) is 86.8 Å². The molecule has 0 bridgehead atoms. The Balaban J connectivity index is 1.83. The molecule has 28 heavy (non-hydrogen) atoms. The molecule has 0 aliphatic rings. The number of amides is 1. The average Bonchev–Trinajstić information content (AvgIpc) is 3.08. The van der Waals surface area contributed by atoms with Crippen molar-refractivity contribution in [3.8, 4) is 11.5 Å². The zero-order valence-electron chi connectivity index (χ0n) is 15.9. The van der Waals surface area contributed by atoms with Crippen LogP contribution in [0.15, 0.2) is 36.4 Å². The summed E-state index contributed by atoms with van der Waals surface area (Å²) in [6, 6.07) is 10.0. The van der Waals surface area contributed by atoms with Gasteiger partial charge < -0.3 is 14.2 Å². The number of hydrogen-bond acceptors (Lipinski definition) is 7. The SMILES string of the molecule is COc1ccc(C(=O)Nc2nc3ccc(C(=O)OC(C)C)cc3s2)c(OC)c1. The van der Waals surface area contributed by atoms with Crippen molar-refractivity contribution < 1.29 is 23.8 Å². The number of hydrogen-bond donors (Lipinski definition) is 1. The number of ether oxygens (including phenoxy) is 3. The van der Waals surface area contributed by atoms with Crippen molar-refractivity contribution in [2.75, 3.05) is 19.5 Å². The summed E-state index contributed by atoms with van der Waals surface area (Å²) >= 11 is 1.28. The van der Waals surface area contributed by atoms with Crippen LogP contribution in [-0.2, 0) is 4.74 Å². The van der Waals surface area contributed by atoms with Gasteiger partial charge in [0, 0.05) is 6.07 Å². The highest BCUT2D eigenvalue weighted by atomic mass is 32.1. The summed E-state index contributed by atoms with van der Waals surface area (Å²) in [6.07, 6.45) is -0.195. The molecule has 7 nitrogen and oxygen atoms in total. The van der Waals surface area contributed by atoms with Crippen LogP contribution in [-0.4, -0.2) is 37.2 Å². The van der Waals surface area contributed by atoms with E-state index in [1.54, 1.807) is 57.4 Å². The molecule has 0 atom stereocenters. The summed E-state index contributed by atoms with van der Waals surface area (Å²) in [7, 11) is 3.03. The van der Waals surface area contributed by atoms with Gasteiger partial charge in [0.05, 0.1) is 41.7 Å². The number of carbonyl (C=O) groups is 2. The van der Waals surface area contributed by atoms with Gasteiger partial charge in [-0.05, 0) is 44.2 Å². The van der Waals surface area contributed by atoms with E-state index in [4.69, 9.17) is 14.2 Å². The number of rotatable bonds is 6. The van der Waals surface area contributed by atoms with E-state index in [2.05, 4.69) is 10.3 Å². The quantitative estimate of drug-likeness (QED) is 0.626. The predicted molar refractivity (Wildman–Crippen MR) is 108 cm³/mol. The summed E-state index contributed by atoms with van der Waals surface area (Å²) in [4.78, 5) is 29.1. The molecule has 0 saturated carbocycles. The molecule has 1 heterocycles. The Bertz CT molecular complexity index is 1030. The number of carbonyl (C=O) groups excluding carboxylic acids is 2. The fourth-order valence-corrected chi connectivity index (χ4v) is 3.44. The predicted octanol–water partition coefficient (Wildman–Crippen LogP) is 4.13. The third-order valence-electron chi connectivity index (χ3n) is 3.84. The van der Waals surface area contributed by atoms with Crippen LogP contribution in [0, 0.1) is 0 Å². The first-order chi connectivity index (χ1) is 13.4. The first-order valence-electron chi connectivity index (χ1n) is 8.56. The van der Waals surface area contributed by atoms with Crippen LogP contribution >= 0.6 is 11.3 Å². The second-order valence-electron chi connectivity index (χ2n) is 6.18. The number of benzene rings is 2. The number of nitrogens with one attached hydrogen (secondary N) is 1. The largest absolute Gasteiger partial charge is 0.497 e. The highest BCUT2D eigenvalue weighted by Crippen LogP contribution is 2.29. The number of anilines is 1. The summed E-state index contributed by atoms with van der Waals surface area (Å²) < 4.78 is 16.4. The van der Waals surface area contributed by atoms with E-state index < -0.39 is 0 Å². The Morgan fingerprint density at radius 3 is 2.54 bits per heavy atom. The monoisotopic (exact) mass is 400 g/mol. The van der Waals surface area contributed by atoms with Gasteiger partial charge >= 0.3 is 5.97 Å². The molecule has 2 aromatic carbocycles. The molecular formula is C20H20N2O5S. The van der Waals surface area contributed by atoms with Gasteiger partial charge in [0.2, 0.25) is 0 Å². The minimum absolute atomic E-state index is 0.195. The van der Waals surface area contributed by atoms with Crippen LogP contribution in [0.4, 0.5) is 5.13 Å². The van der Waals surface area contributed by atoms with E-state index in [1.807, 2.05) is 0 Å². The second kappa shape index (κ2) is 8.26. The van der Waals surface area contributed by atoms with Crippen molar-refractivity contribution in [3.63, 3.8) is 0 Å². The van der Waals surface area contributed by atoms with Gasteiger partial charge in [-0.15, -0.1) is 0 Å². The zero-order valence-corrected chi connectivity index (χ0v) is 16.8. The molecule has 1 N–H and O–H groups in total. The Morgan fingerprint density at radius 2 is 1.86 bits per heavy atom. The number of methoxy groups -OCH3 is 2. The molecule has 0 saturated heterocycles. The lowest BCUT2D eigenvalue weighted by atomic mass is 10.2. The fourth-order valence-electron chi connectivity index (χ4n) is 2.54. The van der Waals surface area contributed by atoms with E-state index in [0.717, 1.165) is 4.70 Å². The Labute approximate surface area is 166 Å². The maximum atomic E-state index is 12.6. The summed E-state index contributed by atoms with van der Waals surface area (Å²) in [6.45, 7) is 3.59. The molecule has 0 unspecified atom stereocenters. The molecule has 1 aromatic heterocycles. The van der Waals surface area contributed by atoms with Gasteiger partial charge in [0.1, 0.15) is 11.5 Å². The van der Waals surface area contributed by atoms with Crippen LogP contribution in [0.2, 0.25) is 0 Å². The molecule has 146 valence electrons. The van der Waals surface area contributed by atoms with E-state index in [9.17, 15) is 9.59 Å². The summed E-state index contributed by atoms with van der Waals surface area (Å²) in [5.41, 5.74) is 1.49. The molecule has 0 aliphatic carbocycles. The molecule has 0 radical (unpaired) electrons. The Morgan fingerprint density at radius 1 is 1.07 bits per heavy atom. The number of nitrogens with zero attached hydrogens (tertiary/aromatic N) is 1. The standard InChI is InChI=1S/C20H20N2O5S/c1-11(2)27-19(24)12-5-8-15-17(9-12)28-20(21-15)22-18(23)14-7-6-13(25-3)10-16(14)26-4/h5-11H,1-4H3,(H,21,22,23). The zero-order chi connectivity index (χ0) is 20.3. The Hall–Kier alpha value is -3.13. The first-order valence-corrected chi connectivity index (χ1v) is 9.38. The molecule has 3 rings (SSSR count). The Kier molecular flexibility index (Phi) is 5.79. The van der Waals surface area contributed by atoms with E-state index >= 15 is 0 Å². The molecule has 3 aromatic rings. The fraction of sp³-hybridized carbons (Fsp3) is 0.250. The van der Waals surface area contributed by atoms with E-state index in [0.29, 0.717) is 33.3 Å². The third-order valence-corrected chi connectivity index (χ3v) is 4.77. The first kappa shape index (κ1) is 19.6. The van der Waals surface area contributed by atoms with Gasteiger partial charge in [0.15, 0.2) is 5.13 Å². The van der Waals surface area contributed by atoms with Crippen LogP contribution in [0.25, 0.3) is 10.2 Å². The highest BCUT2D eigenvalue weighted by molar-refractivity contribution is 7.22. The second-order valence-corrected chi connectivity index (χ2v) is 7.21. The van der Waals surface area contributed by atoms with Gasteiger partial charge in [-0.2, -0.15) is 0 Å². The van der Waals surface area contributed by atoms with Crippen molar-refractivity contribution >= 4 is 38.6 Å². The van der Waals surface area contributed by atoms with Crippen molar-refractivity contribution in [2.45, 2.75) is 20.0 Å². The van der Waals surface area contributed by atoms with Gasteiger partial charge in [-0.25, -0.2) is 9.78 Å². The normalized spacial score (nSPS) is 10.8. The molecule has 0 spiro atoms. The molecule has 8 heteroatoms. The third kappa shape index (κ3) is 4.23. The molecule has 0 fully saturated rings. The van der Waals surface area contributed by atoms with Crippen molar-refractivity contribution in [1.29, 1.82) is 0 Å².